The van der Waals surface area contributed by atoms with E-state index in [1.807, 2.05) is 0 Å². The Labute approximate surface area is 187 Å². The van der Waals surface area contributed by atoms with Gasteiger partial charge in [0.05, 0.1) is 16.8 Å². The topological polar surface area (TPSA) is 185 Å². The minimum atomic E-state index is -0.807. The monoisotopic (exact) mass is 448 g/mol. The van der Waals surface area contributed by atoms with E-state index in [0.29, 0.717) is 27.9 Å². The van der Waals surface area contributed by atoms with Gasteiger partial charge in [-0.3, -0.25) is 19.1 Å². The first-order chi connectivity index (χ1) is 15.7. The first-order valence-electron chi connectivity index (χ1n) is 9.84. The predicted octanol–water partition coefficient (Wildman–Crippen LogP) is 0.704. The van der Waals surface area contributed by atoms with Crippen LogP contribution in [-0.2, 0) is 6.54 Å². The number of hydrogen-bond donors (Lipinski definition) is 3. The van der Waals surface area contributed by atoms with E-state index < -0.39 is 17.7 Å². The summed E-state index contributed by atoms with van der Waals surface area (Å²) in [6, 6.07) is 6.84. The molecule has 0 unspecified atom stereocenters. The second kappa shape index (κ2) is 8.15. The van der Waals surface area contributed by atoms with E-state index in [4.69, 9.17) is 16.0 Å². The van der Waals surface area contributed by atoms with Crippen LogP contribution in [0.25, 0.3) is 22.0 Å². The van der Waals surface area contributed by atoms with Crippen LogP contribution in [0.15, 0.2) is 28.8 Å². The number of aromatic nitrogens is 5. The SMILES string of the molecule is CNC(=O)c1nc(Cn2nc(C)c(-c3c(C(N)=O)nc4ccccc4c3C(N)=O)c2C)no1. The lowest BCUT2D eigenvalue weighted by molar-refractivity contribution is 0.0918. The van der Waals surface area contributed by atoms with Crippen LogP contribution >= 0.6 is 0 Å². The Kier molecular flexibility index (Phi) is 5.34. The molecular weight excluding hydrogens is 428 g/mol. The summed E-state index contributed by atoms with van der Waals surface area (Å²) in [5, 5.41) is 11.2. The lowest BCUT2D eigenvalue weighted by Crippen LogP contribution is -2.21. The Morgan fingerprint density at radius 1 is 1.06 bits per heavy atom. The Bertz CT molecular complexity index is 1440. The maximum atomic E-state index is 12.5. The maximum Gasteiger partial charge on any atom is 0.315 e. The van der Waals surface area contributed by atoms with Gasteiger partial charge in [-0.25, -0.2) is 4.98 Å². The summed E-state index contributed by atoms with van der Waals surface area (Å²) in [5.41, 5.74) is 13.6. The van der Waals surface area contributed by atoms with Crippen molar-refractivity contribution in [1.82, 2.24) is 30.2 Å². The lowest BCUT2D eigenvalue weighted by Gasteiger charge is -2.14. The van der Waals surface area contributed by atoms with E-state index in [0.717, 1.165) is 0 Å². The Hall–Kier alpha value is -4.61. The molecule has 12 heteroatoms. The number of para-hydroxylation sites is 1. The predicted molar refractivity (Wildman–Crippen MR) is 116 cm³/mol. The van der Waals surface area contributed by atoms with E-state index in [2.05, 4.69) is 25.5 Å². The summed E-state index contributed by atoms with van der Waals surface area (Å²) in [5.74, 6) is -2.01. The van der Waals surface area contributed by atoms with Gasteiger partial charge in [0.1, 0.15) is 12.2 Å². The zero-order valence-electron chi connectivity index (χ0n) is 18.0. The van der Waals surface area contributed by atoms with Crippen LogP contribution in [-0.4, -0.2) is 49.7 Å². The van der Waals surface area contributed by atoms with Gasteiger partial charge in [0.2, 0.25) is 5.91 Å². The van der Waals surface area contributed by atoms with Crippen LogP contribution < -0.4 is 16.8 Å². The highest BCUT2D eigenvalue weighted by Crippen LogP contribution is 2.36. The molecule has 0 saturated heterocycles. The van der Waals surface area contributed by atoms with Gasteiger partial charge in [-0.1, -0.05) is 23.4 Å². The van der Waals surface area contributed by atoms with Gasteiger partial charge in [-0.05, 0) is 19.9 Å². The van der Waals surface area contributed by atoms with E-state index in [-0.39, 0.29) is 35.1 Å². The fraction of sp³-hybridized carbons (Fsp3) is 0.190. The van der Waals surface area contributed by atoms with Gasteiger partial charge >= 0.3 is 11.8 Å². The number of carbonyl (C=O) groups is 3. The number of carbonyl (C=O) groups excluding carboxylic acids is 3. The number of primary amides is 2. The molecule has 0 aliphatic carbocycles. The van der Waals surface area contributed by atoms with Crippen molar-refractivity contribution in [2.75, 3.05) is 7.05 Å². The summed E-state index contributed by atoms with van der Waals surface area (Å²) >= 11 is 0. The van der Waals surface area contributed by atoms with Crippen molar-refractivity contribution in [3.63, 3.8) is 0 Å². The number of nitrogens with two attached hydrogens (primary N) is 2. The van der Waals surface area contributed by atoms with E-state index in [1.54, 1.807) is 42.8 Å². The molecule has 3 amide bonds. The number of nitrogens with one attached hydrogen (secondary N) is 1. The first-order valence-corrected chi connectivity index (χ1v) is 9.84. The first kappa shape index (κ1) is 21.6. The number of fused-ring (bicyclic) bond motifs is 1. The fourth-order valence-corrected chi connectivity index (χ4v) is 3.75. The summed E-state index contributed by atoms with van der Waals surface area (Å²) < 4.78 is 6.52. The molecule has 168 valence electrons. The Morgan fingerprint density at radius 2 is 1.79 bits per heavy atom. The normalized spacial score (nSPS) is 11.0. The highest BCUT2D eigenvalue weighted by Gasteiger charge is 2.28. The highest BCUT2D eigenvalue weighted by atomic mass is 16.5. The number of benzene rings is 1. The summed E-state index contributed by atoms with van der Waals surface area (Å²) in [7, 11) is 1.45. The molecule has 33 heavy (non-hydrogen) atoms. The third-order valence-electron chi connectivity index (χ3n) is 5.18. The van der Waals surface area contributed by atoms with E-state index in [1.165, 1.54) is 7.05 Å². The minimum absolute atomic E-state index is 0.0754. The maximum absolute atomic E-state index is 12.5. The minimum Gasteiger partial charge on any atom is -0.366 e. The van der Waals surface area contributed by atoms with E-state index >= 15 is 0 Å². The number of nitrogens with zero attached hydrogens (tertiary/aromatic N) is 5. The van der Waals surface area contributed by atoms with Gasteiger partial charge in [0, 0.05) is 29.3 Å². The third kappa shape index (κ3) is 3.67. The van der Waals surface area contributed by atoms with Gasteiger partial charge in [0.15, 0.2) is 5.82 Å². The molecule has 0 aliphatic heterocycles. The molecule has 12 nitrogen and oxygen atoms in total. The van der Waals surface area contributed by atoms with Crippen molar-refractivity contribution in [1.29, 1.82) is 0 Å². The number of hydrogen-bond acceptors (Lipinski definition) is 8. The molecule has 0 atom stereocenters. The molecule has 4 aromatic rings. The molecular formula is C21H20N8O4. The second-order valence-corrected chi connectivity index (χ2v) is 7.25. The summed E-state index contributed by atoms with van der Waals surface area (Å²) in [4.78, 5) is 45.0. The van der Waals surface area contributed by atoms with Crippen molar-refractivity contribution in [3.05, 3.63) is 58.6 Å². The van der Waals surface area contributed by atoms with Gasteiger partial charge in [-0.2, -0.15) is 10.1 Å². The Balaban J connectivity index is 1.91. The average Bonchev–Trinajstić information content (AvgIpc) is 3.35. The summed E-state index contributed by atoms with van der Waals surface area (Å²) in [6.45, 7) is 3.54. The molecule has 0 fully saturated rings. The molecule has 0 aliphatic rings. The molecule has 3 aromatic heterocycles. The van der Waals surface area contributed by atoms with Gasteiger partial charge in [0.25, 0.3) is 5.91 Å². The van der Waals surface area contributed by atoms with E-state index in [9.17, 15) is 14.4 Å². The molecule has 5 N–H and O–H groups in total. The molecule has 1 aromatic carbocycles. The average molecular weight is 448 g/mol. The zero-order valence-corrected chi connectivity index (χ0v) is 18.0. The molecule has 0 bridgehead atoms. The molecule has 4 rings (SSSR count). The quantitative estimate of drug-likeness (QED) is 0.385. The number of amides is 3. The van der Waals surface area contributed by atoms with Crippen LogP contribution in [0.5, 0.6) is 0 Å². The smallest absolute Gasteiger partial charge is 0.315 e. The van der Waals surface area contributed by atoms with Crippen LogP contribution in [0.4, 0.5) is 0 Å². The van der Waals surface area contributed by atoms with Gasteiger partial charge in [-0.15, -0.1) is 0 Å². The second-order valence-electron chi connectivity index (χ2n) is 7.25. The van der Waals surface area contributed by atoms with Crippen LogP contribution in [0.2, 0.25) is 0 Å². The molecule has 3 heterocycles. The number of rotatable bonds is 6. The number of pyridine rings is 1. The van der Waals surface area contributed by atoms with Crippen LogP contribution in [0, 0.1) is 13.8 Å². The Morgan fingerprint density at radius 3 is 2.45 bits per heavy atom. The number of aryl methyl sites for hydroxylation is 1. The van der Waals surface area contributed by atoms with Crippen molar-refractivity contribution in [2.45, 2.75) is 20.4 Å². The zero-order chi connectivity index (χ0) is 23.9. The van der Waals surface area contributed by atoms with Gasteiger partial charge < -0.3 is 21.3 Å². The largest absolute Gasteiger partial charge is 0.366 e. The van der Waals surface area contributed by atoms with Crippen molar-refractivity contribution in [3.8, 4) is 11.1 Å². The standard InChI is InChI=1S/C21H20N8O4/c1-9-14(10(2)29(27-9)8-13-26-21(33-28-13)20(32)24-3)16-15(18(22)30)11-6-4-5-7-12(11)25-17(16)19(23)31/h4-7H,8H2,1-3H3,(H2,22,30)(H2,23,31)(H,24,32). The van der Waals surface area contributed by atoms with Crippen LogP contribution in [0.3, 0.4) is 0 Å². The highest BCUT2D eigenvalue weighted by molar-refractivity contribution is 6.15. The third-order valence-corrected chi connectivity index (χ3v) is 5.18. The van der Waals surface area contributed by atoms with Crippen molar-refractivity contribution >= 4 is 28.6 Å². The molecule has 0 spiro atoms. The molecule has 0 radical (unpaired) electrons. The summed E-state index contributed by atoms with van der Waals surface area (Å²) in [6.07, 6.45) is 0. The fourth-order valence-electron chi connectivity index (χ4n) is 3.75. The van der Waals surface area contributed by atoms with Crippen molar-refractivity contribution in [2.24, 2.45) is 11.5 Å². The van der Waals surface area contributed by atoms with Crippen molar-refractivity contribution < 1.29 is 18.9 Å². The lowest BCUT2D eigenvalue weighted by atomic mass is 9.92. The van der Waals surface area contributed by atoms with Crippen LogP contribution in [0.1, 0.15) is 48.7 Å². The molecule has 0 saturated carbocycles.